The summed E-state index contributed by atoms with van der Waals surface area (Å²) in [4.78, 5) is 4.05. The van der Waals surface area contributed by atoms with Crippen LogP contribution in [-0.2, 0) is 6.18 Å². The molecule has 2 aromatic rings. The summed E-state index contributed by atoms with van der Waals surface area (Å²) in [5.41, 5.74) is -0.169. The van der Waals surface area contributed by atoms with Gasteiger partial charge in [-0.25, -0.2) is 4.98 Å². The highest BCUT2D eigenvalue weighted by atomic mass is 79.9. The minimum absolute atomic E-state index is 0.0311. The number of benzene rings is 1. The monoisotopic (exact) mass is 307 g/mol. The Labute approximate surface area is 104 Å². The molecule has 2 rings (SSSR count). The summed E-state index contributed by atoms with van der Waals surface area (Å²) in [5, 5.41) is 0. The van der Waals surface area contributed by atoms with E-state index in [2.05, 4.69) is 20.9 Å². The van der Waals surface area contributed by atoms with Crippen LogP contribution in [0.2, 0.25) is 0 Å². The van der Waals surface area contributed by atoms with Crippen molar-refractivity contribution in [2.75, 3.05) is 0 Å². The average molecular weight is 308 g/mol. The van der Waals surface area contributed by atoms with Crippen LogP contribution in [0.4, 0.5) is 13.2 Å². The predicted octanol–water partition coefficient (Wildman–Crippen LogP) is 4.73. The van der Waals surface area contributed by atoms with Crippen molar-refractivity contribution in [3.63, 3.8) is 0 Å². The molecule has 92 valence electrons. The van der Waals surface area contributed by atoms with Crippen LogP contribution < -0.4 is 0 Å². The van der Waals surface area contributed by atoms with Crippen LogP contribution in [0.1, 0.15) is 31.2 Å². The molecule has 0 spiro atoms. The van der Waals surface area contributed by atoms with Gasteiger partial charge in [0, 0.05) is 5.92 Å². The van der Waals surface area contributed by atoms with E-state index in [4.69, 9.17) is 4.42 Å². The lowest BCUT2D eigenvalue weighted by Crippen LogP contribution is -2.04. The summed E-state index contributed by atoms with van der Waals surface area (Å²) < 4.78 is 43.4. The van der Waals surface area contributed by atoms with Crippen molar-refractivity contribution in [3.05, 3.63) is 28.1 Å². The van der Waals surface area contributed by atoms with Gasteiger partial charge in [-0.2, -0.15) is 13.2 Å². The van der Waals surface area contributed by atoms with Crippen LogP contribution >= 0.6 is 15.9 Å². The first-order valence-electron chi connectivity index (χ1n) is 4.96. The van der Waals surface area contributed by atoms with Crippen LogP contribution in [0, 0.1) is 0 Å². The van der Waals surface area contributed by atoms with Crippen LogP contribution in [0.3, 0.4) is 0 Å². The number of halogens is 4. The van der Waals surface area contributed by atoms with Crippen LogP contribution in [0.15, 0.2) is 21.0 Å². The summed E-state index contributed by atoms with van der Waals surface area (Å²) in [7, 11) is 0. The van der Waals surface area contributed by atoms with E-state index in [1.807, 2.05) is 13.8 Å². The van der Waals surface area contributed by atoms with E-state index in [0.29, 0.717) is 11.5 Å². The quantitative estimate of drug-likeness (QED) is 0.761. The van der Waals surface area contributed by atoms with Crippen LogP contribution in [0.25, 0.3) is 11.1 Å². The van der Waals surface area contributed by atoms with Gasteiger partial charge in [0.2, 0.25) is 0 Å². The summed E-state index contributed by atoms with van der Waals surface area (Å²) in [6.07, 6.45) is -4.38. The van der Waals surface area contributed by atoms with E-state index in [1.165, 1.54) is 0 Å². The minimum atomic E-state index is -4.38. The zero-order valence-corrected chi connectivity index (χ0v) is 10.7. The Balaban J connectivity index is 2.65. The number of oxazole rings is 1. The second kappa shape index (κ2) is 4.01. The van der Waals surface area contributed by atoms with Gasteiger partial charge in [-0.05, 0) is 28.1 Å². The third kappa shape index (κ3) is 2.31. The van der Waals surface area contributed by atoms with E-state index < -0.39 is 11.7 Å². The standard InChI is InChI=1S/C11H9BrF3NO/c1-5(2)10-16-8-4-6(11(13,14)15)3-7(12)9(8)17-10/h3-5H,1-2H3. The first-order valence-corrected chi connectivity index (χ1v) is 5.75. The highest BCUT2D eigenvalue weighted by molar-refractivity contribution is 9.10. The van der Waals surface area contributed by atoms with Crippen LogP contribution in [-0.4, -0.2) is 4.98 Å². The zero-order chi connectivity index (χ0) is 12.8. The lowest BCUT2D eigenvalue weighted by Gasteiger charge is -2.06. The van der Waals surface area contributed by atoms with Crippen molar-refractivity contribution in [1.82, 2.24) is 4.98 Å². The van der Waals surface area contributed by atoms with Gasteiger partial charge < -0.3 is 4.42 Å². The number of nitrogens with zero attached hydrogens (tertiary/aromatic N) is 1. The molecule has 0 N–H and O–H groups in total. The lowest BCUT2D eigenvalue weighted by atomic mass is 10.2. The molecule has 1 aromatic heterocycles. The molecule has 0 aliphatic carbocycles. The molecule has 0 radical (unpaired) electrons. The number of alkyl halides is 3. The van der Waals surface area contributed by atoms with Gasteiger partial charge in [0.25, 0.3) is 0 Å². The van der Waals surface area contributed by atoms with E-state index >= 15 is 0 Å². The van der Waals surface area contributed by atoms with Crippen molar-refractivity contribution in [3.8, 4) is 0 Å². The second-order valence-electron chi connectivity index (χ2n) is 4.01. The maximum atomic E-state index is 12.6. The zero-order valence-electron chi connectivity index (χ0n) is 9.10. The fourth-order valence-electron chi connectivity index (χ4n) is 1.42. The molecule has 0 aliphatic rings. The lowest BCUT2D eigenvalue weighted by molar-refractivity contribution is -0.137. The molecule has 0 saturated heterocycles. The average Bonchev–Trinajstić information content (AvgIpc) is 2.60. The molecule has 6 heteroatoms. The summed E-state index contributed by atoms with van der Waals surface area (Å²) >= 11 is 3.07. The maximum absolute atomic E-state index is 12.6. The molecule has 17 heavy (non-hydrogen) atoms. The molecule has 0 amide bonds. The molecular formula is C11H9BrF3NO. The van der Waals surface area contributed by atoms with E-state index in [-0.39, 0.29) is 15.9 Å². The molecule has 2 nitrogen and oxygen atoms in total. The number of rotatable bonds is 1. The maximum Gasteiger partial charge on any atom is 0.416 e. The third-order valence-electron chi connectivity index (χ3n) is 2.28. The van der Waals surface area contributed by atoms with Crippen molar-refractivity contribution in [1.29, 1.82) is 0 Å². The first-order chi connectivity index (χ1) is 7.79. The summed E-state index contributed by atoms with van der Waals surface area (Å²) in [6, 6.07) is 1.99. The molecule has 0 saturated carbocycles. The normalized spacial score (nSPS) is 12.6. The topological polar surface area (TPSA) is 26.0 Å². The van der Waals surface area contributed by atoms with E-state index in [1.54, 1.807) is 0 Å². The Morgan fingerprint density at radius 1 is 1.29 bits per heavy atom. The van der Waals surface area contributed by atoms with Gasteiger partial charge in [-0.3, -0.25) is 0 Å². The Morgan fingerprint density at radius 2 is 1.94 bits per heavy atom. The number of hydrogen-bond donors (Lipinski definition) is 0. The second-order valence-corrected chi connectivity index (χ2v) is 4.87. The smallest absolute Gasteiger partial charge is 0.416 e. The summed E-state index contributed by atoms with van der Waals surface area (Å²) in [5.74, 6) is 0.462. The van der Waals surface area contributed by atoms with E-state index in [9.17, 15) is 13.2 Å². The number of fused-ring (bicyclic) bond motifs is 1. The molecule has 1 aromatic carbocycles. The largest absolute Gasteiger partial charge is 0.439 e. The Morgan fingerprint density at radius 3 is 2.47 bits per heavy atom. The summed E-state index contributed by atoms with van der Waals surface area (Å²) in [6.45, 7) is 3.73. The van der Waals surface area contributed by atoms with Gasteiger partial charge in [0.1, 0.15) is 5.52 Å². The molecular weight excluding hydrogens is 299 g/mol. The molecule has 1 heterocycles. The first kappa shape index (κ1) is 12.4. The number of hydrogen-bond acceptors (Lipinski definition) is 2. The molecule has 0 fully saturated rings. The fourth-order valence-corrected chi connectivity index (χ4v) is 1.95. The van der Waals surface area contributed by atoms with Gasteiger partial charge in [0.15, 0.2) is 11.5 Å². The Hall–Kier alpha value is -1.04. The predicted molar refractivity (Wildman–Crippen MR) is 60.8 cm³/mol. The Kier molecular flexibility index (Phi) is 2.93. The SMILES string of the molecule is CC(C)c1nc2cc(C(F)(F)F)cc(Br)c2o1. The molecule has 0 aliphatic heterocycles. The van der Waals surface area contributed by atoms with Crippen molar-refractivity contribution in [2.24, 2.45) is 0 Å². The highest BCUT2D eigenvalue weighted by Gasteiger charge is 2.32. The van der Waals surface area contributed by atoms with Gasteiger partial charge in [-0.15, -0.1) is 0 Å². The van der Waals surface area contributed by atoms with Gasteiger partial charge in [-0.1, -0.05) is 13.8 Å². The van der Waals surface area contributed by atoms with Crippen molar-refractivity contribution < 1.29 is 17.6 Å². The van der Waals surface area contributed by atoms with Crippen molar-refractivity contribution in [2.45, 2.75) is 25.9 Å². The van der Waals surface area contributed by atoms with Crippen molar-refractivity contribution >= 4 is 27.0 Å². The molecule has 0 bridgehead atoms. The van der Waals surface area contributed by atoms with Gasteiger partial charge in [0.05, 0.1) is 10.0 Å². The molecule has 0 unspecified atom stereocenters. The third-order valence-corrected chi connectivity index (χ3v) is 2.87. The highest BCUT2D eigenvalue weighted by Crippen LogP contribution is 2.36. The van der Waals surface area contributed by atoms with Crippen LogP contribution in [0.5, 0.6) is 0 Å². The fraction of sp³-hybridized carbons (Fsp3) is 0.364. The minimum Gasteiger partial charge on any atom is -0.439 e. The Bertz CT molecular complexity index is 560. The number of aromatic nitrogens is 1. The van der Waals surface area contributed by atoms with Gasteiger partial charge >= 0.3 is 6.18 Å². The molecule has 0 atom stereocenters. The van der Waals surface area contributed by atoms with E-state index in [0.717, 1.165) is 12.1 Å².